The number of anilines is 1. The fourth-order valence-electron chi connectivity index (χ4n) is 1.47. The zero-order chi connectivity index (χ0) is 15.4. The molecule has 0 bridgehead atoms. The number of carbonyl (C=O) groups is 2. The maximum absolute atomic E-state index is 13.5. The van der Waals surface area contributed by atoms with Crippen LogP contribution < -0.4 is 5.32 Å². The number of amides is 2. The lowest BCUT2D eigenvalue weighted by molar-refractivity contribution is -0.137. The van der Waals surface area contributed by atoms with Crippen LogP contribution in [0.25, 0.3) is 0 Å². The van der Waals surface area contributed by atoms with Gasteiger partial charge in [-0.2, -0.15) is 0 Å². The van der Waals surface area contributed by atoms with E-state index in [1.165, 1.54) is 0 Å². The predicted molar refractivity (Wildman–Crippen MR) is 69.9 cm³/mol. The fourth-order valence-corrected chi connectivity index (χ4v) is 1.72. The Morgan fingerprint density at radius 1 is 1.40 bits per heavy atom. The van der Waals surface area contributed by atoms with Crippen LogP contribution in [0.5, 0.6) is 0 Å². The van der Waals surface area contributed by atoms with Crippen LogP contribution in [0.1, 0.15) is 13.8 Å². The van der Waals surface area contributed by atoms with Crippen molar-refractivity contribution in [2.45, 2.75) is 19.9 Å². The number of benzene rings is 1. The Hall–Kier alpha value is -1.89. The molecule has 0 heterocycles. The molecule has 0 aromatic heterocycles. The first-order valence-electron chi connectivity index (χ1n) is 5.66. The van der Waals surface area contributed by atoms with Gasteiger partial charge >= 0.3 is 12.0 Å². The van der Waals surface area contributed by atoms with Gasteiger partial charge in [0.25, 0.3) is 0 Å². The number of hydrogen-bond donors (Lipinski definition) is 2. The molecule has 2 amide bonds. The third kappa shape index (κ3) is 4.06. The number of hydrogen-bond acceptors (Lipinski definition) is 2. The summed E-state index contributed by atoms with van der Waals surface area (Å²) in [7, 11) is 0. The molecule has 8 heteroatoms. The van der Waals surface area contributed by atoms with Gasteiger partial charge < -0.3 is 15.3 Å². The highest BCUT2D eigenvalue weighted by Crippen LogP contribution is 2.26. The zero-order valence-electron chi connectivity index (χ0n) is 10.8. The van der Waals surface area contributed by atoms with E-state index in [-0.39, 0.29) is 5.02 Å². The number of urea groups is 1. The second-order valence-corrected chi connectivity index (χ2v) is 4.70. The van der Waals surface area contributed by atoms with E-state index < -0.39 is 41.9 Å². The Morgan fingerprint density at radius 3 is 2.45 bits per heavy atom. The minimum absolute atomic E-state index is 0.310. The zero-order valence-corrected chi connectivity index (χ0v) is 11.5. The third-order valence-corrected chi connectivity index (χ3v) is 2.73. The molecule has 1 aromatic rings. The van der Waals surface area contributed by atoms with Crippen LogP contribution in [-0.2, 0) is 4.79 Å². The van der Waals surface area contributed by atoms with Gasteiger partial charge in [-0.05, 0) is 19.9 Å². The van der Waals surface area contributed by atoms with E-state index >= 15 is 0 Å². The van der Waals surface area contributed by atoms with E-state index in [1.54, 1.807) is 13.8 Å². The van der Waals surface area contributed by atoms with Gasteiger partial charge in [-0.25, -0.2) is 13.6 Å². The van der Waals surface area contributed by atoms with Crippen molar-refractivity contribution in [2.24, 2.45) is 0 Å². The molecule has 0 atom stereocenters. The normalized spacial score (nSPS) is 10.5. The molecule has 0 saturated heterocycles. The summed E-state index contributed by atoms with van der Waals surface area (Å²) in [5.41, 5.74) is -0.394. The Labute approximate surface area is 119 Å². The molecular weight excluding hydrogens is 294 g/mol. The quantitative estimate of drug-likeness (QED) is 0.898. The van der Waals surface area contributed by atoms with Crippen molar-refractivity contribution < 1.29 is 23.5 Å². The van der Waals surface area contributed by atoms with Crippen LogP contribution in [0.2, 0.25) is 5.02 Å². The van der Waals surface area contributed by atoms with Crippen LogP contribution in [0.4, 0.5) is 19.3 Å². The molecule has 0 aliphatic rings. The molecule has 0 unspecified atom stereocenters. The van der Waals surface area contributed by atoms with Crippen molar-refractivity contribution in [3.8, 4) is 0 Å². The summed E-state index contributed by atoms with van der Waals surface area (Å²) in [6.07, 6.45) is 0. The second kappa shape index (κ2) is 6.51. The molecule has 1 rings (SSSR count). The summed E-state index contributed by atoms with van der Waals surface area (Å²) in [5, 5.41) is 10.6. The number of carbonyl (C=O) groups excluding carboxylic acids is 1. The lowest BCUT2D eigenvalue weighted by atomic mass is 10.3. The SMILES string of the molecule is CC(C)N(CC(=O)O)C(=O)Nc1c(F)cc(F)cc1Cl. The summed E-state index contributed by atoms with van der Waals surface area (Å²) in [6, 6.07) is 0.151. The summed E-state index contributed by atoms with van der Waals surface area (Å²) < 4.78 is 26.4. The van der Waals surface area contributed by atoms with Crippen LogP contribution in [0.15, 0.2) is 12.1 Å². The monoisotopic (exact) mass is 306 g/mol. The lowest BCUT2D eigenvalue weighted by Gasteiger charge is -2.25. The first-order valence-corrected chi connectivity index (χ1v) is 6.04. The van der Waals surface area contributed by atoms with Crippen LogP contribution >= 0.6 is 11.6 Å². The van der Waals surface area contributed by atoms with Crippen molar-refractivity contribution in [3.05, 3.63) is 28.8 Å². The van der Waals surface area contributed by atoms with Gasteiger partial charge in [-0.3, -0.25) is 4.79 Å². The Kier molecular flexibility index (Phi) is 5.26. The third-order valence-electron chi connectivity index (χ3n) is 2.43. The maximum Gasteiger partial charge on any atom is 0.323 e. The minimum Gasteiger partial charge on any atom is -0.480 e. The molecule has 0 fully saturated rings. The highest BCUT2D eigenvalue weighted by atomic mass is 35.5. The molecule has 2 N–H and O–H groups in total. The standard InChI is InChI=1S/C12H13ClF2N2O3/c1-6(2)17(5-10(18)19)12(20)16-11-8(13)3-7(14)4-9(11)15/h3-4,6H,5H2,1-2H3,(H,16,20)(H,18,19). The molecule has 110 valence electrons. The Balaban J connectivity index is 2.97. The number of carboxylic acid groups (broad SMARTS) is 1. The van der Waals surface area contributed by atoms with Gasteiger partial charge in [0.05, 0.1) is 10.7 Å². The highest BCUT2D eigenvalue weighted by molar-refractivity contribution is 6.33. The summed E-state index contributed by atoms with van der Waals surface area (Å²) >= 11 is 5.64. The molecule has 20 heavy (non-hydrogen) atoms. The van der Waals surface area contributed by atoms with Gasteiger partial charge in [-0.15, -0.1) is 0 Å². The number of nitrogens with zero attached hydrogens (tertiary/aromatic N) is 1. The van der Waals surface area contributed by atoms with Crippen molar-refractivity contribution in [3.63, 3.8) is 0 Å². The molecule has 5 nitrogen and oxygen atoms in total. The number of nitrogens with one attached hydrogen (secondary N) is 1. The minimum atomic E-state index is -1.21. The number of rotatable bonds is 4. The largest absolute Gasteiger partial charge is 0.480 e. The van der Waals surface area contributed by atoms with E-state index in [0.717, 1.165) is 11.0 Å². The summed E-state index contributed by atoms with van der Waals surface area (Å²) in [4.78, 5) is 23.6. The van der Waals surface area contributed by atoms with Crippen LogP contribution in [-0.4, -0.2) is 34.6 Å². The second-order valence-electron chi connectivity index (χ2n) is 4.29. The van der Waals surface area contributed by atoms with E-state index in [0.29, 0.717) is 6.07 Å². The molecular formula is C12H13ClF2N2O3. The van der Waals surface area contributed by atoms with Gasteiger partial charge in [0.15, 0.2) is 5.82 Å². The van der Waals surface area contributed by atoms with Gasteiger partial charge in [0.1, 0.15) is 12.4 Å². The van der Waals surface area contributed by atoms with E-state index in [9.17, 15) is 18.4 Å². The molecule has 0 saturated carbocycles. The average molecular weight is 307 g/mol. The Bertz CT molecular complexity index is 514. The highest BCUT2D eigenvalue weighted by Gasteiger charge is 2.22. The lowest BCUT2D eigenvalue weighted by Crippen LogP contribution is -2.43. The average Bonchev–Trinajstić information content (AvgIpc) is 2.29. The first kappa shape index (κ1) is 16.2. The number of carboxylic acids is 1. The van der Waals surface area contributed by atoms with Gasteiger partial charge in [0.2, 0.25) is 0 Å². The maximum atomic E-state index is 13.5. The predicted octanol–water partition coefficient (Wildman–Crippen LogP) is 2.95. The van der Waals surface area contributed by atoms with E-state index in [2.05, 4.69) is 5.32 Å². The smallest absolute Gasteiger partial charge is 0.323 e. The van der Waals surface area contributed by atoms with E-state index in [1.807, 2.05) is 0 Å². The van der Waals surface area contributed by atoms with E-state index in [4.69, 9.17) is 16.7 Å². The van der Waals surface area contributed by atoms with Crippen molar-refractivity contribution in [1.82, 2.24) is 4.90 Å². The van der Waals surface area contributed by atoms with Crippen molar-refractivity contribution >= 4 is 29.3 Å². The Morgan fingerprint density at radius 2 is 2.00 bits per heavy atom. The molecule has 1 aromatic carbocycles. The van der Waals surface area contributed by atoms with Crippen molar-refractivity contribution in [2.75, 3.05) is 11.9 Å². The number of aliphatic carboxylic acids is 1. The van der Waals surface area contributed by atoms with Gasteiger partial charge in [-0.1, -0.05) is 11.6 Å². The summed E-state index contributed by atoms with van der Waals surface area (Å²) in [5.74, 6) is -3.13. The topological polar surface area (TPSA) is 69.6 Å². The van der Waals surface area contributed by atoms with Crippen molar-refractivity contribution in [1.29, 1.82) is 0 Å². The number of halogens is 3. The molecule has 0 spiro atoms. The van der Waals surface area contributed by atoms with Gasteiger partial charge in [0, 0.05) is 12.1 Å². The molecule has 0 aliphatic carbocycles. The van der Waals surface area contributed by atoms with Crippen LogP contribution in [0, 0.1) is 11.6 Å². The summed E-state index contributed by atoms with van der Waals surface area (Å²) in [6.45, 7) is 2.65. The fraction of sp³-hybridized carbons (Fsp3) is 0.333. The molecule has 0 aliphatic heterocycles. The van der Waals surface area contributed by atoms with Crippen LogP contribution in [0.3, 0.4) is 0 Å². The first-order chi connectivity index (χ1) is 9.22. The molecule has 0 radical (unpaired) electrons.